The number of carbonyl (C=O) groups excluding carboxylic acids is 2. The van der Waals surface area contributed by atoms with Gasteiger partial charge < -0.3 is 48.8 Å². The maximum absolute atomic E-state index is 12.2. The number of amides is 2. The van der Waals surface area contributed by atoms with E-state index in [2.05, 4.69) is 45.6 Å². The number of carbonyl (C=O) groups is 2. The van der Waals surface area contributed by atoms with Crippen LogP contribution in [-0.2, 0) is 9.47 Å². The molecule has 4 saturated heterocycles. The molecule has 4 fully saturated rings. The maximum Gasteiger partial charge on any atom is 0.410 e. The number of piperidine rings is 2. The average molecular weight is 1050 g/mol. The van der Waals surface area contributed by atoms with Gasteiger partial charge in [-0.3, -0.25) is 0 Å². The third-order valence-electron chi connectivity index (χ3n) is 13.2. The zero-order valence-electron chi connectivity index (χ0n) is 44.4. The van der Waals surface area contributed by atoms with Crippen LogP contribution in [-0.4, -0.2) is 165 Å². The highest BCUT2D eigenvalue weighted by molar-refractivity contribution is 9.09. The van der Waals surface area contributed by atoms with Crippen molar-refractivity contribution in [1.82, 2.24) is 29.8 Å². The molecule has 4 aliphatic rings. The van der Waals surface area contributed by atoms with Gasteiger partial charge >= 0.3 is 12.2 Å². The summed E-state index contributed by atoms with van der Waals surface area (Å²) < 4.78 is 22.3. The predicted octanol–water partition coefficient (Wildman–Crippen LogP) is 11.6. The second-order valence-electron chi connectivity index (χ2n) is 21.4. The summed E-state index contributed by atoms with van der Waals surface area (Å²) in [6.45, 7) is 42.7. The first-order valence-electron chi connectivity index (χ1n) is 26.7. The molecule has 15 heteroatoms. The van der Waals surface area contributed by atoms with Crippen LogP contribution in [0.2, 0.25) is 0 Å². The van der Waals surface area contributed by atoms with Crippen molar-refractivity contribution in [3.05, 3.63) is 71.4 Å². The lowest BCUT2D eigenvalue weighted by Crippen LogP contribution is -2.46. The normalized spacial score (nSPS) is 17.6. The fraction of sp³-hybridized carbons (Fsp3) is 0.714. The molecule has 0 unspecified atom stereocenters. The zero-order chi connectivity index (χ0) is 51.3. The highest BCUT2D eigenvalue weighted by atomic mass is 79.9. The molecule has 396 valence electrons. The number of likely N-dealkylation sites (tertiary alicyclic amines) is 2. The van der Waals surface area contributed by atoms with Crippen LogP contribution in [0.15, 0.2) is 48.5 Å². The fourth-order valence-corrected chi connectivity index (χ4v) is 9.52. The topological polar surface area (TPSA) is 108 Å². The van der Waals surface area contributed by atoms with Crippen LogP contribution in [0.4, 0.5) is 21.0 Å². The van der Waals surface area contributed by atoms with Crippen molar-refractivity contribution in [1.29, 1.82) is 0 Å². The Morgan fingerprint density at radius 3 is 1.28 bits per heavy atom. The van der Waals surface area contributed by atoms with E-state index in [1.54, 1.807) is 24.3 Å². The van der Waals surface area contributed by atoms with Crippen molar-refractivity contribution in [3.63, 3.8) is 0 Å². The SMILES string of the molecule is CC(C)(C)OC(=O)N1CCC(CCCCBr)CC1.[C-]#[N+]c1ccc(OCCCN2CCN(CCCCC3CCN(C(=O)OC(C)(C)C)CC3)CC2)cc1.[C-]#[N+]c1ccc(OCCCN2CCNCC2)cc1. The van der Waals surface area contributed by atoms with Gasteiger partial charge in [0.25, 0.3) is 0 Å². The van der Waals surface area contributed by atoms with E-state index in [0.717, 1.165) is 165 Å². The molecule has 0 aliphatic carbocycles. The third-order valence-corrected chi connectivity index (χ3v) is 13.8. The third kappa shape index (κ3) is 25.9. The number of nitrogens with one attached hydrogen (secondary N) is 1. The molecule has 2 amide bonds. The summed E-state index contributed by atoms with van der Waals surface area (Å²) in [4.78, 5) is 42.2. The van der Waals surface area contributed by atoms with Crippen molar-refractivity contribution in [2.45, 2.75) is 130 Å². The molecular weight excluding hydrogens is 961 g/mol. The molecule has 0 bridgehead atoms. The minimum absolute atomic E-state index is 0.151. The Morgan fingerprint density at radius 2 is 0.915 bits per heavy atom. The van der Waals surface area contributed by atoms with Crippen LogP contribution in [0.3, 0.4) is 0 Å². The van der Waals surface area contributed by atoms with Crippen LogP contribution < -0.4 is 14.8 Å². The lowest BCUT2D eigenvalue weighted by atomic mass is 9.91. The molecule has 1 N–H and O–H groups in total. The Bertz CT molecular complexity index is 1850. The lowest BCUT2D eigenvalue weighted by molar-refractivity contribution is 0.0170. The maximum atomic E-state index is 12.2. The van der Waals surface area contributed by atoms with Crippen LogP contribution in [0.25, 0.3) is 9.69 Å². The summed E-state index contributed by atoms with van der Waals surface area (Å²) in [6, 6.07) is 14.7. The molecule has 0 spiro atoms. The van der Waals surface area contributed by atoms with Gasteiger partial charge in [0.05, 0.1) is 26.4 Å². The zero-order valence-corrected chi connectivity index (χ0v) is 46.0. The Balaban J connectivity index is 0.000000255. The molecule has 0 aromatic heterocycles. The molecular formula is C56H89BrN8O6. The second kappa shape index (κ2) is 32.8. The smallest absolute Gasteiger partial charge is 0.410 e. The summed E-state index contributed by atoms with van der Waals surface area (Å²) in [5.74, 6) is 3.24. The Hall–Kier alpha value is -4.12. The first-order valence-corrected chi connectivity index (χ1v) is 27.9. The van der Waals surface area contributed by atoms with Crippen molar-refractivity contribution < 1.29 is 28.5 Å². The molecule has 6 rings (SSSR count). The van der Waals surface area contributed by atoms with E-state index in [1.807, 2.05) is 75.6 Å². The number of halogens is 1. The summed E-state index contributed by atoms with van der Waals surface area (Å²) in [5, 5.41) is 4.45. The first-order chi connectivity index (χ1) is 34.1. The van der Waals surface area contributed by atoms with Crippen LogP contribution in [0.5, 0.6) is 11.5 Å². The van der Waals surface area contributed by atoms with E-state index in [9.17, 15) is 9.59 Å². The van der Waals surface area contributed by atoms with Crippen molar-refractivity contribution in [2.75, 3.05) is 117 Å². The van der Waals surface area contributed by atoms with Gasteiger partial charge in [-0.15, -0.1) is 0 Å². The van der Waals surface area contributed by atoms with E-state index in [4.69, 9.17) is 32.1 Å². The molecule has 2 aromatic rings. The van der Waals surface area contributed by atoms with Crippen LogP contribution in [0, 0.1) is 25.0 Å². The van der Waals surface area contributed by atoms with Gasteiger partial charge in [-0.2, -0.15) is 0 Å². The number of nitrogens with zero attached hydrogens (tertiary/aromatic N) is 7. The number of piperazine rings is 2. The number of benzene rings is 2. The molecule has 0 radical (unpaired) electrons. The number of alkyl halides is 1. The van der Waals surface area contributed by atoms with Crippen molar-refractivity contribution in [2.24, 2.45) is 11.8 Å². The summed E-state index contributed by atoms with van der Waals surface area (Å²) >= 11 is 3.46. The van der Waals surface area contributed by atoms with E-state index < -0.39 is 5.60 Å². The van der Waals surface area contributed by atoms with Crippen LogP contribution >= 0.6 is 15.9 Å². The van der Waals surface area contributed by atoms with E-state index >= 15 is 0 Å². The monoisotopic (exact) mass is 1050 g/mol. The minimum Gasteiger partial charge on any atom is -0.494 e. The van der Waals surface area contributed by atoms with E-state index in [1.165, 1.54) is 45.1 Å². The van der Waals surface area contributed by atoms with Crippen molar-refractivity contribution in [3.8, 4) is 11.5 Å². The molecule has 14 nitrogen and oxygen atoms in total. The van der Waals surface area contributed by atoms with Gasteiger partial charge in [0, 0.05) is 97.0 Å². The molecule has 2 aromatic carbocycles. The van der Waals surface area contributed by atoms with Crippen LogP contribution in [0.1, 0.15) is 119 Å². The number of hydrogen-bond acceptors (Lipinski definition) is 10. The number of ether oxygens (including phenoxy) is 4. The quantitative estimate of drug-likeness (QED) is 0.0830. The summed E-state index contributed by atoms with van der Waals surface area (Å²) in [5.41, 5.74) is 0.505. The summed E-state index contributed by atoms with van der Waals surface area (Å²) in [6.07, 6.45) is 13.9. The highest BCUT2D eigenvalue weighted by Gasteiger charge is 2.28. The van der Waals surface area contributed by atoms with E-state index in [-0.39, 0.29) is 17.8 Å². The van der Waals surface area contributed by atoms with Gasteiger partial charge in [0.1, 0.15) is 22.7 Å². The largest absolute Gasteiger partial charge is 0.494 e. The fourth-order valence-electron chi connectivity index (χ4n) is 9.12. The predicted molar refractivity (Wildman–Crippen MR) is 290 cm³/mol. The molecule has 0 saturated carbocycles. The van der Waals surface area contributed by atoms with Gasteiger partial charge in [0.15, 0.2) is 11.4 Å². The number of rotatable bonds is 19. The average Bonchev–Trinajstić information content (AvgIpc) is 3.36. The highest BCUT2D eigenvalue weighted by Crippen LogP contribution is 2.26. The van der Waals surface area contributed by atoms with Gasteiger partial charge in [-0.25, -0.2) is 19.3 Å². The lowest BCUT2D eigenvalue weighted by Gasteiger charge is -2.35. The van der Waals surface area contributed by atoms with Gasteiger partial charge in [0.2, 0.25) is 0 Å². The summed E-state index contributed by atoms with van der Waals surface area (Å²) in [7, 11) is 0. The molecule has 71 heavy (non-hydrogen) atoms. The second-order valence-corrected chi connectivity index (χ2v) is 22.2. The first kappa shape index (κ1) is 59.4. The van der Waals surface area contributed by atoms with Gasteiger partial charge in [-0.1, -0.05) is 65.9 Å². The van der Waals surface area contributed by atoms with E-state index in [0.29, 0.717) is 18.0 Å². The molecule has 4 heterocycles. The number of unbranched alkanes of at least 4 members (excludes halogenated alkanes) is 2. The number of hydrogen-bond donors (Lipinski definition) is 1. The van der Waals surface area contributed by atoms with Gasteiger partial charge in [-0.05, 0) is 136 Å². The Labute approximate surface area is 437 Å². The Kier molecular flexibility index (Phi) is 27.5. The molecule has 0 atom stereocenters. The molecule has 4 aliphatic heterocycles. The standard InChI is InChI=1S/C28H44N4O3.C14H26BrNO2.C14H19N3O/c1-28(2,3)35-27(33)32-17-13-24(14-18-32)8-5-6-15-30-19-21-31(22-20-30)16-7-23-34-26-11-9-25(29-4)10-12-26;1-14(2,3)18-13(17)16-10-7-12(8-11-16)6-4-5-9-15;1-15-13-3-5-14(6-4-13)18-12-2-9-17-10-7-16-8-11-17/h9-12,24H,5-8,13-23H2,1-3H3;12H,4-11H2,1-3H3;3-6,16H,2,7-12H2. The minimum atomic E-state index is -0.415. The van der Waals surface area contributed by atoms with Crippen molar-refractivity contribution >= 4 is 39.5 Å². The Morgan fingerprint density at radius 1 is 0.549 bits per heavy atom.